The topological polar surface area (TPSA) is 66.4 Å². The summed E-state index contributed by atoms with van der Waals surface area (Å²) in [6.07, 6.45) is 0. The maximum absolute atomic E-state index is 11.5. The standard InChI is InChI=1S/C11H13NO3/c1-7-3-4-9(10(14)5-7)11(15)12-6-8(2)13/h3-5,14H,6H2,1-2H3,(H,12,15). The Morgan fingerprint density at radius 3 is 2.60 bits per heavy atom. The Labute approximate surface area is 87.9 Å². The minimum absolute atomic E-state index is 0.0217. The van der Waals surface area contributed by atoms with Crippen LogP contribution in [0, 0.1) is 6.92 Å². The molecular weight excluding hydrogens is 194 g/mol. The first-order valence-electron chi connectivity index (χ1n) is 4.58. The number of carbonyl (C=O) groups excluding carboxylic acids is 2. The Bertz CT molecular complexity index is 399. The zero-order chi connectivity index (χ0) is 11.4. The summed E-state index contributed by atoms with van der Waals surface area (Å²) >= 11 is 0. The van der Waals surface area contributed by atoms with Crippen molar-refractivity contribution in [3.05, 3.63) is 29.3 Å². The molecule has 0 aliphatic carbocycles. The fourth-order valence-electron chi connectivity index (χ4n) is 1.13. The molecule has 4 nitrogen and oxygen atoms in total. The molecule has 4 heteroatoms. The minimum atomic E-state index is -0.442. The van der Waals surface area contributed by atoms with Gasteiger partial charge in [0.25, 0.3) is 5.91 Å². The molecule has 0 aromatic heterocycles. The summed E-state index contributed by atoms with van der Waals surface area (Å²) < 4.78 is 0. The Balaban J connectivity index is 2.78. The number of amides is 1. The maximum atomic E-state index is 11.5. The second kappa shape index (κ2) is 4.59. The summed E-state index contributed by atoms with van der Waals surface area (Å²) in [5.41, 5.74) is 1.05. The molecule has 0 aliphatic rings. The van der Waals surface area contributed by atoms with E-state index < -0.39 is 5.91 Å². The van der Waals surface area contributed by atoms with E-state index in [-0.39, 0.29) is 23.6 Å². The van der Waals surface area contributed by atoms with Gasteiger partial charge in [-0.15, -0.1) is 0 Å². The lowest BCUT2D eigenvalue weighted by Crippen LogP contribution is -2.28. The van der Waals surface area contributed by atoms with Crippen LogP contribution in [-0.2, 0) is 4.79 Å². The van der Waals surface area contributed by atoms with Crippen LogP contribution in [0.2, 0.25) is 0 Å². The van der Waals surface area contributed by atoms with E-state index in [2.05, 4.69) is 5.32 Å². The molecule has 15 heavy (non-hydrogen) atoms. The van der Waals surface area contributed by atoms with Crippen LogP contribution < -0.4 is 5.32 Å². The summed E-state index contributed by atoms with van der Waals surface area (Å²) in [7, 11) is 0. The molecule has 0 fully saturated rings. The first kappa shape index (κ1) is 11.2. The van der Waals surface area contributed by atoms with E-state index in [1.54, 1.807) is 6.07 Å². The summed E-state index contributed by atoms with van der Waals surface area (Å²) in [4.78, 5) is 22.1. The average molecular weight is 207 g/mol. The van der Waals surface area contributed by atoms with Crippen LogP contribution in [0.15, 0.2) is 18.2 Å². The maximum Gasteiger partial charge on any atom is 0.255 e. The van der Waals surface area contributed by atoms with E-state index in [4.69, 9.17) is 0 Å². The molecule has 0 saturated carbocycles. The largest absolute Gasteiger partial charge is 0.507 e. The molecule has 80 valence electrons. The van der Waals surface area contributed by atoms with E-state index in [9.17, 15) is 14.7 Å². The summed E-state index contributed by atoms with van der Waals surface area (Å²) in [5, 5.41) is 11.9. The molecule has 0 atom stereocenters. The second-order valence-electron chi connectivity index (χ2n) is 3.41. The number of ketones is 1. The lowest BCUT2D eigenvalue weighted by Gasteiger charge is -2.05. The van der Waals surface area contributed by atoms with Crippen LogP contribution in [0.25, 0.3) is 0 Å². The van der Waals surface area contributed by atoms with E-state index >= 15 is 0 Å². The first-order valence-corrected chi connectivity index (χ1v) is 4.58. The van der Waals surface area contributed by atoms with Gasteiger partial charge in [-0.2, -0.15) is 0 Å². The number of aromatic hydroxyl groups is 1. The highest BCUT2D eigenvalue weighted by Crippen LogP contribution is 2.17. The molecule has 1 aromatic carbocycles. The normalized spacial score (nSPS) is 9.73. The first-order chi connectivity index (χ1) is 7.00. The third-order valence-electron chi connectivity index (χ3n) is 1.90. The SMILES string of the molecule is CC(=O)CNC(=O)c1ccc(C)cc1O. The average Bonchev–Trinajstić information content (AvgIpc) is 2.14. The molecule has 1 amide bonds. The third kappa shape index (κ3) is 3.09. The van der Waals surface area contributed by atoms with Gasteiger partial charge in [0.2, 0.25) is 0 Å². The van der Waals surface area contributed by atoms with Crippen molar-refractivity contribution >= 4 is 11.7 Å². The van der Waals surface area contributed by atoms with Gasteiger partial charge in [-0.1, -0.05) is 6.07 Å². The van der Waals surface area contributed by atoms with E-state index in [1.165, 1.54) is 19.1 Å². The highest BCUT2D eigenvalue weighted by atomic mass is 16.3. The Hall–Kier alpha value is -1.84. The van der Waals surface area contributed by atoms with Gasteiger partial charge in [-0.3, -0.25) is 9.59 Å². The zero-order valence-electron chi connectivity index (χ0n) is 8.70. The summed E-state index contributed by atoms with van der Waals surface area (Å²) in [6.45, 7) is 3.18. The number of phenols is 1. The Morgan fingerprint density at radius 1 is 1.40 bits per heavy atom. The van der Waals surface area contributed by atoms with Crippen molar-refractivity contribution in [1.29, 1.82) is 0 Å². The lowest BCUT2D eigenvalue weighted by molar-refractivity contribution is -0.116. The molecule has 2 N–H and O–H groups in total. The number of hydrogen-bond donors (Lipinski definition) is 2. The van der Waals surface area contributed by atoms with Gasteiger partial charge >= 0.3 is 0 Å². The van der Waals surface area contributed by atoms with Crippen molar-refractivity contribution < 1.29 is 14.7 Å². The number of Topliss-reactive ketones (excluding diaryl/α,β-unsaturated/α-hetero) is 1. The molecule has 0 aliphatic heterocycles. The van der Waals surface area contributed by atoms with Crippen molar-refractivity contribution in [3.8, 4) is 5.75 Å². The molecule has 1 aromatic rings. The number of aryl methyl sites for hydroxylation is 1. The number of benzene rings is 1. The van der Waals surface area contributed by atoms with Crippen molar-refractivity contribution in [1.82, 2.24) is 5.32 Å². The van der Waals surface area contributed by atoms with E-state index in [0.29, 0.717) is 0 Å². The predicted molar refractivity (Wildman–Crippen MR) is 55.9 cm³/mol. The number of phenolic OH excluding ortho intramolecular Hbond substituents is 1. The fourth-order valence-corrected chi connectivity index (χ4v) is 1.13. The van der Waals surface area contributed by atoms with Crippen molar-refractivity contribution in [3.63, 3.8) is 0 Å². The molecule has 0 heterocycles. The predicted octanol–water partition coefficient (Wildman–Crippen LogP) is 1.02. The van der Waals surface area contributed by atoms with Crippen LogP contribution in [0.1, 0.15) is 22.8 Å². The van der Waals surface area contributed by atoms with Gasteiger partial charge in [0.05, 0.1) is 12.1 Å². The van der Waals surface area contributed by atoms with Crippen LogP contribution in [0.4, 0.5) is 0 Å². The van der Waals surface area contributed by atoms with Gasteiger partial charge in [0, 0.05) is 0 Å². The molecule has 1 rings (SSSR count). The zero-order valence-corrected chi connectivity index (χ0v) is 8.70. The van der Waals surface area contributed by atoms with Gasteiger partial charge < -0.3 is 10.4 Å². The number of rotatable bonds is 3. The minimum Gasteiger partial charge on any atom is -0.507 e. The molecule has 0 bridgehead atoms. The fraction of sp³-hybridized carbons (Fsp3) is 0.273. The van der Waals surface area contributed by atoms with E-state index in [1.807, 2.05) is 6.92 Å². The highest BCUT2D eigenvalue weighted by molar-refractivity contribution is 5.98. The molecule has 0 spiro atoms. The monoisotopic (exact) mass is 207 g/mol. The number of nitrogens with one attached hydrogen (secondary N) is 1. The van der Waals surface area contributed by atoms with Gasteiger partial charge in [0.1, 0.15) is 11.5 Å². The summed E-state index contributed by atoms with van der Waals surface area (Å²) in [6, 6.07) is 4.76. The van der Waals surface area contributed by atoms with Gasteiger partial charge in [0.15, 0.2) is 0 Å². The quantitative estimate of drug-likeness (QED) is 0.777. The van der Waals surface area contributed by atoms with Gasteiger partial charge in [-0.05, 0) is 31.5 Å². The smallest absolute Gasteiger partial charge is 0.255 e. The molecule has 0 saturated heterocycles. The molecule has 0 unspecified atom stereocenters. The summed E-state index contributed by atoms with van der Waals surface area (Å²) in [5.74, 6) is -0.645. The molecule has 0 radical (unpaired) electrons. The number of hydrogen-bond acceptors (Lipinski definition) is 3. The van der Waals surface area contributed by atoms with Crippen molar-refractivity contribution in [2.24, 2.45) is 0 Å². The third-order valence-corrected chi connectivity index (χ3v) is 1.90. The van der Waals surface area contributed by atoms with Gasteiger partial charge in [-0.25, -0.2) is 0 Å². The van der Waals surface area contributed by atoms with E-state index in [0.717, 1.165) is 5.56 Å². The second-order valence-corrected chi connectivity index (χ2v) is 3.41. The van der Waals surface area contributed by atoms with Crippen molar-refractivity contribution in [2.45, 2.75) is 13.8 Å². The van der Waals surface area contributed by atoms with Crippen LogP contribution in [0.5, 0.6) is 5.75 Å². The van der Waals surface area contributed by atoms with Crippen molar-refractivity contribution in [2.75, 3.05) is 6.54 Å². The number of carbonyl (C=O) groups is 2. The van der Waals surface area contributed by atoms with Crippen LogP contribution in [-0.4, -0.2) is 23.3 Å². The van der Waals surface area contributed by atoms with Crippen LogP contribution >= 0.6 is 0 Å². The van der Waals surface area contributed by atoms with Crippen LogP contribution in [0.3, 0.4) is 0 Å². The molecular formula is C11H13NO3. The Kier molecular flexibility index (Phi) is 3.44. The lowest BCUT2D eigenvalue weighted by atomic mass is 10.1. The highest BCUT2D eigenvalue weighted by Gasteiger charge is 2.10. The Morgan fingerprint density at radius 2 is 2.07 bits per heavy atom.